The Morgan fingerprint density at radius 3 is 2.55 bits per heavy atom. The minimum Gasteiger partial charge on any atom is -0.310 e. The van der Waals surface area contributed by atoms with E-state index in [4.69, 9.17) is 0 Å². The summed E-state index contributed by atoms with van der Waals surface area (Å²) in [6.07, 6.45) is 0. The maximum Gasteiger partial charge on any atom is 0.127 e. The predicted octanol–water partition coefficient (Wildman–Crippen LogP) is 2.07. The van der Waals surface area contributed by atoms with Crippen molar-refractivity contribution in [1.82, 2.24) is 15.1 Å². The molecule has 0 unspecified atom stereocenters. The first-order chi connectivity index (χ1) is 9.54. The molecule has 0 spiro atoms. The van der Waals surface area contributed by atoms with Crippen LogP contribution >= 0.6 is 0 Å². The van der Waals surface area contributed by atoms with E-state index in [9.17, 15) is 4.39 Å². The lowest BCUT2D eigenvalue weighted by Gasteiger charge is -2.32. The zero-order valence-electron chi connectivity index (χ0n) is 12.8. The van der Waals surface area contributed by atoms with Crippen molar-refractivity contribution < 1.29 is 4.39 Å². The van der Waals surface area contributed by atoms with Crippen LogP contribution in [-0.2, 0) is 13.1 Å². The number of hydrogen-bond donors (Lipinski definition) is 1. The van der Waals surface area contributed by atoms with E-state index in [1.165, 1.54) is 0 Å². The molecule has 4 heteroatoms. The van der Waals surface area contributed by atoms with Crippen LogP contribution in [-0.4, -0.2) is 49.1 Å². The van der Waals surface area contributed by atoms with Crippen molar-refractivity contribution in [2.24, 2.45) is 0 Å². The molecule has 0 saturated carbocycles. The van der Waals surface area contributed by atoms with Gasteiger partial charge in [-0.25, -0.2) is 4.39 Å². The first-order valence-electron chi connectivity index (χ1n) is 7.46. The zero-order valence-corrected chi connectivity index (χ0v) is 12.8. The molecule has 1 aromatic rings. The molecule has 1 heterocycles. The molecular weight excluding hydrogens is 253 g/mol. The molecule has 1 saturated heterocycles. The number of hydrogen-bond acceptors (Lipinski definition) is 3. The molecule has 20 heavy (non-hydrogen) atoms. The maximum absolute atomic E-state index is 13.9. The second-order valence-corrected chi connectivity index (χ2v) is 6.04. The van der Waals surface area contributed by atoms with E-state index in [0.29, 0.717) is 6.04 Å². The standard InChI is InChI=1S/C16H26FN3/c1-13(2)18-11-14-4-5-16(17)15(10-14)12-20-8-6-19(3)7-9-20/h4-5,10,13,18H,6-9,11-12H2,1-3H3. The summed E-state index contributed by atoms with van der Waals surface area (Å²) in [5, 5.41) is 3.38. The topological polar surface area (TPSA) is 18.5 Å². The third-order valence-corrected chi connectivity index (χ3v) is 3.81. The van der Waals surface area contributed by atoms with Gasteiger partial charge < -0.3 is 10.2 Å². The molecule has 112 valence electrons. The predicted molar refractivity (Wildman–Crippen MR) is 81.1 cm³/mol. The van der Waals surface area contributed by atoms with E-state index in [-0.39, 0.29) is 5.82 Å². The number of rotatable bonds is 5. The van der Waals surface area contributed by atoms with Crippen molar-refractivity contribution in [1.29, 1.82) is 0 Å². The molecule has 0 aromatic heterocycles. The van der Waals surface area contributed by atoms with E-state index in [1.807, 2.05) is 12.1 Å². The van der Waals surface area contributed by atoms with Gasteiger partial charge in [0.2, 0.25) is 0 Å². The number of likely N-dealkylation sites (N-methyl/N-ethyl adjacent to an activating group) is 1. The lowest BCUT2D eigenvalue weighted by molar-refractivity contribution is 0.147. The Hall–Kier alpha value is -0.970. The molecule has 0 aliphatic carbocycles. The smallest absolute Gasteiger partial charge is 0.127 e. The van der Waals surface area contributed by atoms with Crippen LogP contribution in [0.3, 0.4) is 0 Å². The molecule has 0 bridgehead atoms. The summed E-state index contributed by atoms with van der Waals surface area (Å²) in [4.78, 5) is 4.65. The Bertz CT molecular complexity index is 426. The van der Waals surface area contributed by atoms with Crippen molar-refractivity contribution in [2.45, 2.75) is 33.0 Å². The molecule has 0 amide bonds. The van der Waals surface area contributed by atoms with E-state index in [0.717, 1.165) is 50.4 Å². The van der Waals surface area contributed by atoms with Gasteiger partial charge in [-0.15, -0.1) is 0 Å². The van der Waals surface area contributed by atoms with E-state index in [1.54, 1.807) is 6.07 Å². The van der Waals surface area contributed by atoms with Gasteiger partial charge in [-0.3, -0.25) is 4.90 Å². The lowest BCUT2D eigenvalue weighted by atomic mass is 10.1. The molecule has 1 aromatic carbocycles. The van der Waals surface area contributed by atoms with E-state index >= 15 is 0 Å². The fourth-order valence-electron chi connectivity index (χ4n) is 2.43. The first-order valence-corrected chi connectivity index (χ1v) is 7.46. The Kier molecular flexibility index (Phi) is 5.52. The normalized spacial score (nSPS) is 17.9. The summed E-state index contributed by atoms with van der Waals surface area (Å²) in [7, 11) is 2.14. The molecule has 2 rings (SSSR count). The van der Waals surface area contributed by atoms with Crippen molar-refractivity contribution in [3.05, 3.63) is 35.1 Å². The van der Waals surface area contributed by atoms with Crippen LogP contribution in [0.1, 0.15) is 25.0 Å². The highest BCUT2D eigenvalue weighted by Crippen LogP contribution is 2.14. The molecule has 0 atom stereocenters. The second kappa shape index (κ2) is 7.16. The second-order valence-electron chi connectivity index (χ2n) is 6.04. The number of piperazine rings is 1. The fourth-order valence-corrected chi connectivity index (χ4v) is 2.43. The highest BCUT2D eigenvalue weighted by Gasteiger charge is 2.15. The SMILES string of the molecule is CC(C)NCc1ccc(F)c(CN2CCN(C)CC2)c1. The number of halogens is 1. The minimum atomic E-state index is -0.0859. The van der Waals surface area contributed by atoms with Crippen molar-refractivity contribution in [3.8, 4) is 0 Å². The Balaban J connectivity index is 1.97. The van der Waals surface area contributed by atoms with Gasteiger partial charge in [0.05, 0.1) is 0 Å². The highest BCUT2D eigenvalue weighted by molar-refractivity contribution is 5.25. The number of benzene rings is 1. The van der Waals surface area contributed by atoms with Gasteiger partial charge in [-0.2, -0.15) is 0 Å². The van der Waals surface area contributed by atoms with Gasteiger partial charge in [0.1, 0.15) is 5.82 Å². The number of nitrogens with zero attached hydrogens (tertiary/aromatic N) is 2. The molecule has 3 nitrogen and oxygen atoms in total. The monoisotopic (exact) mass is 279 g/mol. The molecule has 1 aliphatic rings. The summed E-state index contributed by atoms with van der Waals surface area (Å²) in [6, 6.07) is 5.92. The molecule has 1 N–H and O–H groups in total. The summed E-state index contributed by atoms with van der Waals surface area (Å²) >= 11 is 0. The average Bonchev–Trinajstić information content (AvgIpc) is 2.42. The zero-order chi connectivity index (χ0) is 14.5. The minimum absolute atomic E-state index is 0.0859. The van der Waals surface area contributed by atoms with Gasteiger partial charge >= 0.3 is 0 Å². The number of nitrogens with one attached hydrogen (secondary N) is 1. The third-order valence-electron chi connectivity index (χ3n) is 3.81. The van der Waals surface area contributed by atoms with Crippen LogP contribution in [0.4, 0.5) is 4.39 Å². The van der Waals surface area contributed by atoms with Crippen LogP contribution in [0.15, 0.2) is 18.2 Å². The van der Waals surface area contributed by atoms with Crippen LogP contribution in [0.5, 0.6) is 0 Å². The molecule has 1 fully saturated rings. The van der Waals surface area contributed by atoms with Gasteiger partial charge in [-0.1, -0.05) is 26.0 Å². The largest absolute Gasteiger partial charge is 0.310 e. The van der Waals surface area contributed by atoms with Crippen molar-refractivity contribution in [3.63, 3.8) is 0 Å². The Morgan fingerprint density at radius 2 is 1.90 bits per heavy atom. The van der Waals surface area contributed by atoms with E-state index < -0.39 is 0 Å². The highest BCUT2D eigenvalue weighted by atomic mass is 19.1. The molecule has 1 aliphatic heterocycles. The van der Waals surface area contributed by atoms with Crippen LogP contribution < -0.4 is 5.32 Å². The quantitative estimate of drug-likeness (QED) is 0.890. The van der Waals surface area contributed by atoms with Gasteiger partial charge in [0.15, 0.2) is 0 Å². The average molecular weight is 279 g/mol. The molecule has 0 radical (unpaired) electrons. The summed E-state index contributed by atoms with van der Waals surface area (Å²) < 4.78 is 13.9. The first kappa shape index (κ1) is 15.4. The van der Waals surface area contributed by atoms with Crippen LogP contribution in [0.25, 0.3) is 0 Å². The summed E-state index contributed by atoms with van der Waals surface area (Å²) in [5.74, 6) is -0.0859. The Labute approximate surface area is 121 Å². The third kappa shape index (κ3) is 4.54. The maximum atomic E-state index is 13.9. The van der Waals surface area contributed by atoms with Gasteiger partial charge in [0.25, 0.3) is 0 Å². The summed E-state index contributed by atoms with van der Waals surface area (Å²) in [6.45, 7) is 9.92. The lowest BCUT2D eigenvalue weighted by Crippen LogP contribution is -2.44. The Morgan fingerprint density at radius 1 is 1.20 bits per heavy atom. The fraction of sp³-hybridized carbons (Fsp3) is 0.625. The van der Waals surface area contributed by atoms with Crippen LogP contribution in [0, 0.1) is 5.82 Å². The van der Waals surface area contributed by atoms with Gasteiger partial charge in [0, 0.05) is 50.9 Å². The summed E-state index contributed by atoms with van der Waals surface area (Å²) in [5.41, 5.74) is 1.97. The van der Waals surface area contributed by atoms with Crippen molar-refractivity contribution >= 4 is 0 Å². The van der Waals surface area contributed by atoms with Crippen LogP contribution in [0.2, 0.25) is 0 Å². The van der Waals surface area contributed by atoms with Crippen molar-refractivity contribution in [2.75, 3.05) is 33.2 Å². The van der Waals surface area contributed by atoms with Gasteiger partial charge in [-0.05, 0) is 18.7 Å². The molecular formula is C16H26FN3. The van der Waals surface area contributed by atoms with E-state index in [2.05, 4.69) is 36.0 Å².